The van der Waals surface area contributed by atoms with Crippen LogP contribution >= 0.6 is 22.9 Å². The van der Waals surface area contributed by atoms with E-state index in [-0.39, 0.29) is 18.1 Å². The van der Waals surface area contributed by atoms with Gasteiger partial charge in [0.25, 0.3) is 11.8 Å². The Balaban J connectivity index is 1.74. The van der Waals surface area contributed by atoms with Gasteiger partial charge in [-0.25, -0.2) is 0 Å². The molecule has 2 amide bonds. The van der Waals surface area contributed by atoms with Crippen molar-refractivity contribution in [3.8, 4) is 11.8 Å². The number of rotatable bonds is 6. The van der Waals surface area contributed by atoms with E-state index in [1.54, 1.807) is 25.1 Å². The lowest BCUT2D eigenvalue weighted by Crippen LogP contribution is -2.20. The number of thiophene rings is 1. The third-order valence-electron chi connectivity index (χ3n) is 5.07. The lowest BCUT2D eigenvalue weighted by atomic mass is 10.1. The van der Waals surface area contributed by atoms with Gasteiger partial charge in [0.1, 0.15) is 16.8 Å². The summed E-state index contributed by atoms with van der Waals surface area (Å²) in [4.78, 5) is 25.7. The Labute approximate surface area is 195 Å². The number of nitrogens with one attached hydrogen (secondary N) is 2. The zero-order chi connectivity index (χ0) is 23.4. The zero-order valence-electron chi connectivity index (χ0n) is 18.1. The molecule has 0 unspecified atom stereocenters. The molecule has 164 valence electrons. The molecule has 3 rings (SSSR count). The van der Waals surface area contributed by atoms with Crippen LogP contribution in [0.5, 0.6) is 5.75 Å². The van der Waals surface area contributed by atoms with Gasteiger partial charge >= 0.3 is 0 Å². The van der Waals surface area contributed by atoms with E-state index in [2.05, 4.69) is 16.7 Å². The van der Waals surface area contributed by atoms with Gasteiger partial charge in [-0.3, -0.25) is 9.59 Å². The second-order valence-electron chi connectivity index (χ2n) is 7.32. The van der Waals surface area contributed by atoms with Crippen LogP contribution in [0.2, 0.25) is 5.02 Å². The van der Waals surface area contributed by atoms with E-state index in [4.69, 9.17) is 16.3 Å². The van der Waals surface area contributed by atoms with Gasteiger partial charge in [-0.1, -0.05) is 23.7 Å². The number of hydrogen-bond acceptors (Lipinski definition) is 5. The Kier molecular flexibility index (Phi) is 7.18. The summed E-state index contributed by atoms with van der Waals surface area (Å²) in [5, 5.41) is 16.1. The predicted octanol–water partition coefficient (Wildman–Crippen LogP) is 5.78. The van der Waals surface area contributed by atoms with Crippen LogP contribution in [0.3, 0.4) is 0 Å². The molecule has 0 atom stereocenters. The minimum absolute atomic E-state index is 0.242. The lowest BCUT2D eigenvalue weighted by Gasteiger charge is -2.10. The van der Waals surface area contributed by atoms with E-state index in [0.717, 1.165) is 28.0 Å². The fourth-order valence-electron chi connectivity index (χ4n) is 3.10. The molecule has 0 saturated heterocycles. The predicted molar refractivity (Wildman–Crippen MR) is 128 cm³/mol. The summed E-state index contributed by atoms with van der Waals surface area (Å²) < 4.78 is 5.56. The molecule has 8 heteroatoms. The van der Waals surface area contributed by atoms with Crippen molar-refractivity contribution in [2.45, 2.75) is 27.7 Å². The van der Waals surface area contributed by atoms with Gasteiger partial charge in [-0.05, 0) is 74.2 Å². The molecule has 0 spiro atoms. The van der Waals surface area contributed by atoms with Crippen LogP contribution in [0, 0.1) is 39.0 Å². The SMILES string of the molecule is Cc1cc(Cl)ccc1OCC(=O)Nc1sc(C(=O)Nc2cccc(C)c2C)c(C)c1C#N. The zero-order valence-corrected chi connectivity index (χ0v) is 19.7. The molecule has 0 fully saturated rings. The van der Waals surface area contributed by atoms with Crippen molar-refractivity contribution in [2.75, 3.05) is 17.2 Å². The van der Waals surface area contributed by atoms with Crippen molar-refractivity contribution < 1.29 is 14.3 Å². The Morgan fingerprint density at radius 1 is 1.06 bits per heavy atom. The van der Waals surface area contributed by atoms with E-state index in [1.165, 1.54) is 0 Å². The van der Waals surface area contributed by atoms with E-state index < -0.39 is 5.91 Å². The number of aryl methyl sites for hydroxylation is 2. The molecular weight excluding hydrogens is 446 g/mol. The highest BCUT2D eigenvalue weighted by Crippen LogP contribution is 2.33. The molecular formula is C24H22ClN3O3S. The summed E-state index contributed by atoms with van der Waals surface area (Å²) in [5.74, 6) is -0.217. The number of amides is 2. The first-order valence-corrected chi connectivity index (χ1v) is 11.0. The number of carbonyl (C=O) groups excluding carboxylic acids is 2. The van der Waals surface area contributed by atoms with Crippen LogP contribution in [0.15, 0.2) is 36.4 Å². The highest BCUT2D eigenvalue weighted by atomic mass is 35.5. The third kappa shape index (κ3) is 5.10. The number of anilines is 2. The number of carbonyl (C=O) groups is 2. The van der Waals surface area contributed by atoms with Gasteiger partial charge in [0.05, 0.1) is 10.4 Å². The van der Waals surface area contributed by atoms with Crippen molar-refractivity contribution in [3.05, 3.63) is 74.1 Å². The highest BCUT2D eigenvalue weighted by molar-refractivity contribution is 7.18. The average Bonchev–Trinajstić information content (AvgIpc) is 3.05. The summed E-state index contributed by atoms with van der Waals surface area (Å²) in [6.07, 6.45) is 0. The molecule has 6 nitrogen and oxygen atoms in total. The first kappa shape index (κ1) is 23.3. The summed E-state index contributed by atoms with van der Waals surface area (Å²) in [5.41, 5.74) is 4.33. The van der Waals surface area contributed by atoms with E-state index in [9.17, 15) is 14.9 Å². The van der Waals surface area contributed by atoms with E-state index in [0.29, 0.717) is 31.9 Å². The summed E-state index contributed by atoms with van der Waals surface area (Å²) in [6, 6.07) is 12.9. The molecule has 0 bridgehead atoms. The summed E-state index contributed by atoms with van der Waals surface area (Å²) in [6.45, 7) is 7.18. The fourth-order valence-corrected chi connectivity index (χ4v) is 4.39. The molecule has 0 aliphatic carbocycles. The van der Waals surface area contributed by atoms with Crippen LogP contribution in [-0.4, -0.2) is 18.4 Å². The Bertz CT molecular complexity index is 1240. The average molecular weight is 468 g/mol. The Morgan fingerprint density at radius 2 is 1.81 bits per heavy atom. The number of hydrogen-bond donors (Lipinski definition) is 2. The summed E-state index contributed by atoms with van der Waals surface area (Å²) in [7, 11) is 0. The van der Waals surface area contributed by atoms with Gasteiger partial charge < -0.3 is 15.4 Å². The molecule has 3 aromatic rings. The number of nitriles is 1. The molecule has 2 N–H and O–H groups in total. The maximum Gasteiger partial charge on any atom is 0.266 e. The number of nitrogens with zero attached hydrogens (tertiary/aromatic N) is 1. The van der Waals surface area contributed by atoms with Gasteiger partial charge in [0, 0.05) is 10.7 Å². The van der Waals surface area contributed by atoms with Crippen LogP contribution in [0.1, 0.15) is 37.5 Å². The summed E-state index contributed by atoms with van der Waals surface area (Å²) >= 11 is 7.00. The number of halogens is 1. The first-order chi connectivity index (χ1) is 15.2. The molecule has 32 heavy (non-hydrogen) atoms. The standard InChI is InChI=1S/C24H22ClN3O3S/c1-13-6-5-7-19(15(13)3)27-23(30)22-16(4)18(11-26)24(32-22)28-21(29)12-31-20-9-8-17(25)10-14(20)2/h5-10H,12H2,1-4H3,(H,27,30)(H,28,29). The van der Waals surface area contributed by atoms with Crippen LogP contribution in [-0.2, 0) is 4.79 Å². The highest BCUT2D eigenvalue weighted by Gasteiger charge is 2.22. The topological polar surface area (TPSA) is 91.2 Å². The smallest absolute Gasteiger partial charge is 0.266 e. The maximum atomic E-state index is 12.9. The van der Waals surface area contributed by atoms with Crippen molar-refractivity contribution >= 4 is 45.4 Å². The molecule has 0 saturated carbocycles. The molecule has 1 heterocycles. The number of ether oxygens (including phenoxy) is 1. The van der Waals surface area contributed by atoms with E-state index in [1.807, 2.05) is 39.0 Å². The molecule has 1 aromatic heterocycles. The minimum atomic E-state index is -0.432. The van der Waals surface area contributed by atoms with Crippen LogP contribution in [0.4, 0.5) is 10.7 Å². The van der Waals surface area contributed by atoms with Gasteiger partial charge in [0.2, 0.25) is 0 Å². The second-order valence-corrected chi connectivity index (χ2v) is 8.78. The van der Waals surface area contributed by atoms with Gasteiger partial charge in [0.15, 0.2) is 6.61 Å². The Morgan fingerprint density at radius 3 is 2.50 bits per heavy atom. The molecule has 0 radical (unpaired) electrons. The van der Waals surface area contributed by atoms with Crippen molar-refractivity contribution in [1.82, 2.24) is 0 Å². The van der Waals surface area contributed by atoms with Gasteiger partial charge in [-0.15, -0.1) is 11.3 Å². The quantitative estimate of drug-likeness (QED) is 0.481. The molecule has 2 aromatic carbocycles. The minimum Gasteiger partial charge on any atom is -0.483 e. The van der Waals surface area contributed by atoms with Crippen molar-refractivity contribution in [1.29, 1.82) is 5.26 Å². The fraction of sp³-hybridized carbons (Fsp3) is 0.208. The van der Waals surface area contributed by atoms with Crippen molar-refractivity contribution in [2.24, 2.45) is 0 Å². The van der Waals surface area contributed by atoms with Crippen molar-refractivity contribution in [3.63, 3.8) is 0 Å². The Hall–Kier alpha value is -3.34. The first-order valence-electron chi connectivity index (χ1n) is 9.81. The number of benzene rings is 2. The monoisotopic (exact) mass is 467 g/mol. The second kappa shape index (κ2) is 9.86. The van der Waals surface area contributed by atoms with Crippen LogP contribution < -0.4 is 15.4 Å². The van der Waals surface area contributed by atoms with Gasteiger partial charge in [-0.2, -0.15) is 5.26 Å². The molecule has 0 aliphatic rings. The lowest BCUT2D eigenvalue weighted by molar-refractivity contribution is -0.118. The third-order valence-corrected chi connectivity index (χ3v) is 6.51. The maximum absolute atomic E-state index is 12.9. The largest absolute Gasteiger partial charge is 0.483 e. The van der Waals surface area contributed by atoms with Crippen LogP contribution in [0.25, 0.3) is 0 Å². The van der Waals surface area contributed by atoms with E-state index >= 15 is 0 Å². The normalized spacial score (nSPS) is 10.4. The molecule has 0 aliphatic heterocycles.